The average Bonchev–Trinajstić information content (AvgIpc) is 2.97. The van der Waals surface area contributed by atoms with E-state index in [4.69, 9.17) is 11.6 Å². The van der Waals surface area contributed by atoms with Gasteiger partial charge in [0.05, 0.1) is 0 Å². The van der Waals surface area contributed by atoms with Crippen molar-refractivity contribution in [1.29, 1.82) is 0 Å². The van der Waals surface area contributed by atoms with Crippen molar-refractivity contribution in [3.8, 4) is 0 Å². The first kappa shape index (κ1) is 17.4. The molecule has 1 saturated heterocycles. The van der Waals surface area contributed by atoms with Gasteiger partial charge in [0, 0.05) is 24.5 Å². The number of hydrogen-bond donors (Lipinski definition) is 1. The molecule has 1 fully saturated rings. The number of likely N-dealkylation sites (tertiary alicyclic amines) is 1. The number of nitrogens with one attached hydrogen (secondary N) is 1. The molecule has 2 aromatic rings. The predicted molar refractivity (Wildman–Crippen MR) is 93.3 cm³/mol. The Morgan fingerprint density at radius 2 is 1.92 bits per heavy atom. The molecule has 1 N–H and O–H groups in total. The van der Waals surface area contributed by atoms with Gasteiger partial charge in [0.15, 0.2) is 0 Å². The van der Waals surface area contributed by atoms with Crippen molar-refractivity contribution in [2.24, 2.45) is 0 Å². The molecule has 0 spiro atoms. The number of amides is 2. The number of nitrogens with zero attached hydrogens (tertiary/aromatic N) is 1. The minimum absolute atomic E-state index is 0.0674. The van der Waals surface area contributed by atoms with E-state index in [1.807, 2.05) is 18.2 Å². The maximum atomic E-state index is 13.0. The van der Waals surface area contributed by atoms with Crippen molar-refractivity contribution in [2.75, 3.05) is 0 Å². The number of carbonyl (C=O) groups is 2. The van der Waals surface area contributed by atoms with E-state index in [0.717, 1.165) is 11.1 Å². The van der Waals surface area contributed by atoms with E-state index in [2.05, 4.69) is 5.32 Å². The first-order chi connectivity index (χ1) is 12.0. The highest BCUT2D eigenvalue weighted by Crippen LogP contribution is 2.22. The summed E-state index contributed by atoms with van der Waals surface area (Å²) < 4.78 is 13.0. The van der Waals surface area contributed by atoms with E-state index >= 15 is 0 Å². The van der Waals surface area contributed by atoms with Gasteiger partial charge in [-0.05, 0) is 35.7 Å². The van der Waals surface area contributed by atoms with E-state index in [0.29, 0.717) is 31.0 Å². The zero-order valence-corrected chi connectivity index (χ0v) is 14.3. The Hall–Kier alpha value is -2.40. The summed E-state index contributed by atoms with van der Waals surface area (Å²) in [5, 5.41) is 3.44. The minimum atomic E-state index is -0.514. The lowest BCUT2D eigenvalue weighted by Crippen LogP contribution is -2.44. The fourth-order valence-corrected chi connectivity index (χ4v) is 3.14. The maximum Gasteiger partial charge on any atom is 0.243 e. The summed E-state index contributed by atoms with van der Waals surface area (Å²) in [6.45, 7) is 0.608. The summed E-state index contributed by atoms with van der Waals surface area (Å²) in [5.74, 6) is -0.597. The fourth-order valence-electron chi connectivity index (χ4n) is 2.93. The molecule has 0 bridgehead atoms. The molecule has 25 heavy (non-hydrogen) atoms. The highest BCUT2D eigenvalue weighted by Gasteiger charge is 2.35. The number of hydrogen-bond acceptors (Lipinski definition) is 2. The largest absolute Gasteiger partial charge is 0.350 e. The van der Waals surface area contributed by atoms with Crippen LogP contribution < -0.4 is 5.32 Å². The quantitative estimate of drug-likeness (QED) is 0.889. The molecule has 0 unspecified atom stereocenters. The Morgan fingerprint density at radius 3 is 2.64 bits per heavy atom. The smallest absolute Gasteiger partial charge is 0.243 e. The fraction of sp³-hybridized carbons (Fsp3) is 0.263. The standard InChI is InChI=1S/C19H18ClFN2O2/c20-16-4-2-1-3-14(16)11-22-19(25)17-9-10-18(24)23(17)12-13-5-7-15(21)8-6-13/h1-8,17H,9-12H2,(H,22,25)/t17-/m0/s1. The van der Waals surface area contributed by atoms with Gasteiger partial charge in [-0.25, -0.2) is 4.39 Å². The van der Waals surface area contributed by atoms with Crippen LogP contribution in [0.1, 0.15) is 24.0 Å². The highest BCUT2D eigenvalue weighted by atomic mass is 35.5. The van der Waals surface area contributed by atoms with Crippen LogP contribution in [0.2, 0.25) is 5.02 Å². The van der Waals surface area contributed by atoms with Gasteiger partial charge in [-0.3, -0.25) is 9.59 Å². The molecule has 0 radical (unpaired) electrons. The van der Waals surface area contributed by atoms with Crippen molar-refractivity contribution in [3.63, 3.8) is 0 Å². The topological polar surface area (TPSA) is 49.4 Å². The zero-order valence-electron chi connectivity index (χ0n) is 13.5. The minimum Gasteiger partial charge on any atom is -0.350 e. The van der Waals surface area contributed by atoms with E-state index in [9.17, 15) is 14.0 Å². The molecule has 0 aromatic heterocycles. The van der Waals surface area contributed by atoms with Crippen molar-refractivity contribution in [2.45, 2.75) is 32.0 Å². The molecule has 2 aromatic carbocycles. The molecule has 1 heterocycles. The second-order valence-electron chi connectivity index (χ2n) is 6.01. The second-order valence-corrected chi connectivity index (χ2v) is 6.42. The Labute approximate surface area is 150 Å². The number of rotatable bonds is 5. The molecule has 3 rings (SSSR count). The summed E-state index contributed by atoms with van der Waals surface area (Å²) >= 11 is 6.09. The van der Waals surface area contributed by atoms with Crippen LogP contribution in [0.5, 0.6) is 0 Å². The normalized spacial score (nSPS) is 17.0. The van der Waals surface area contributed by atoms with Crippen LogP contribution in [0, 0.1) is 5.82 Å². The summed E-state index contributed by atoms with van der Waals surface area (Å²) in [6.07, 6.45) is 0.819. The average molecular weight is 361 g/mol. The first-order valence-electron chi connectivity index (χ1n) is 8.09. The van der Waals surface area contributed by atoms with Crippen molar-refractivity contribution in [3.05, 3.63) is 70.5 Å². The van der Waals surface area contributed by atoms with Gasteiger partial charge in [0.25, 0.3) is 0 Å². The second kappa shape index (κ2) is 7.66. The van der Waals surface area contributed by atoms with Crippen LogP contribution in [-0.2, 0) is 22.7 Å². The van der Waals surface area contributed by atoms with Crippen LogP contribution in [0.3, 0.4) is 0 Å². The SMILES string of the molecule is O=C(NCc1ccccc1Cl)[C@@H]1CCC(=O)N1Cc1ccc(F)cc1. The van der Waals surface area contributed by atoms with Gasteiger partial charge in [-0.2, -0.15) is 0 Å². The molecular weight excluding hydrogens is 343 g/mol. The lowest BCUT2D eigenvalue weighted by Gasteiger charge is -2.24. The molecule has 2 amide bonds. The molecule has 0 aliphatic carbocycles. The van der Waals surface area contributed by atoms with E-state index in [1.165, 1.54) is 12.1 Å². The highest BCUT2D eigenvalue weighted by molar-refractivity contribution is 6.31. The van der Waals surface area contributed by atoms with Gasteiger partial charge in [0.1, 0.15) is 11.9 Å². The van der Waals surface area contributed by atoms with Crippen molar-refractivity contribution >= 4 is 23.4 Å². The summed E-state index contributed by atoms with van der Waals surface area (Å²) in [5.41, 5.74) is 1.62. The molecule has 1 aliphatic rings. The Kier molecular flexibility index (Phi) is 5.34. The number of benzene rings is 2. The van der Waals surface area contributed by atoms with Crippen LogP contribution in [0.25, 0.3) is 0 Å². The maximum absolute atomic E-state index is 13.0. The van der Waals surface area contributed by atoms with Gasteiger partial charge in [-0.15, -0.1) is 0 Å². The first-order valence-corrected chi connectivity index (χ1v) is 8.47. The molecule has 1 atom stereocenters. The predicted octanol–water partition coefficient (Wildman–Crippen LogP) is 3.29. The van der Waals surface area contributed by atoms with Crippen LogP contribution in [0.15, 0.2) is 48.5 Å². The molecule has 6 heteroatoms. The molecule has 130 valence electrons. The van der Waals surface area contributed by atoms with E-state index in [1.54, 1.807) is 23.1 Å². The van der Waals surface area contributed by atoms with Crippen LogP contribution in [0.4, 0.5) is 4.39 Å². The number of carbonyl (C=O) groups excluding carboxylic acids is 2. The monoisotopic (exact) mass is 360 g/mol. The van der Waals surface area contributed by atoms with Gasteiger partial charge >= 0.3 is 0 Å². The van der Waals surface area contributed by atoms with E-state index < -0.39 is 6.04 Å². The summed E-state index contributed by atoms with van der Waals surface area (Å²) in [7, 11) is 0. The van der Waals surface area contributed by atoms with Crippen LogP contribution >= 0.6 is 11.6 Å². The molecular formula is C19H18ClFN2O2. The summed E-state index contributed by atoms with van der Waals surface area (Å²) in [4.78, 5) is 26.2. The molecule has 0 saturated carbocycles. The van der Waals surface area contributed by atoms with Crippen molar-refractivity contribution < 1.29 is 14.0 Å². The third kappa shape index (κ3) is 4.17. The van der Waals surface area contributed by atoms with Crippen LogP contribution in [-0.4, -0.2) is 22.8 Å². The van der Waals surface area contributed by atoms with Crippen molar-refractivity contribution in [1.82, 2.24) is 10.2 Å². The van der Waals surface area contributed by atoms with Gasteiger partial charge in [-0.1, -0.05) is 41.9 Å². The number of halogens is 2. The third-order valence-electron chi connectivity index (χ3n) is 4.31. The van der Waals surface area contributed by atoms with Gasteiger partial charge in [0.2, 0.25) is 11.8 Å². The molecule has 1 aliphatic heterocycles. The lowest BCUT2D eigenvalue weighted by molar-refractivity contribution is -0.135. The summed E-state index contributed by atoms with van der Waals surface area (Å²) in [6, 6.07) is 12.7. The molecule has 4 nitrogen and oxygen atoms in total. The zero-order chi connectivity index (χ0) is 17.8. The Morgan fingerprint density at radius 1 is 1.20 bits per heavy atom. The van der Waals surface area contributed by atoms with Gasteiger partial charge < -0.3 is 10.2 Å². The lowest BCUT2D eigenvalue weighted by atomic mass is 10.1. The third-order valence-corrected chi connectivity index (χ3v) is 4.68. The Bertz CT molecular complexity index is 779. The van der Waals surface area contributed by atoms with E-state index in [-0.39, 0.29) is 17.6 Å². The Balaban J connectivity index is 1.65.